The van der Waals surface area contributed by atoms with Gasteiger partial charge < -0.3 is 5.11 Å². The first kappa shape index (κ1) is 11.5. The van der Waals surface area contributed by atoms with Gasteiger partial charge in [0, 0.05) is 5.92 Å². The van der Waals surface area contributed by atoms with Crippen LogP contribution in [0.2, 0.25) is 0 Å². The largest absolute Gasteiger partial charge is 0.388 e. The number of hydrogen-bond donors (Lipinski definition) is 1. The molecule has 2 aromatic rings. The van der Waals surface area contributed by atoms with Crippen LogP contribution in [0.5, 0.6) is 0 Å². The highest BCUT2D eigenvalue weighted by molar-refractivity contribution is 5.35. The summed E-state index contributed by atoms with van der Waals surface area (Å²) in [6.07, 6.45) is 3.01. The highest BCUT2D eigenvalue weighted by Gasteiger charge is 2.27. The predicted molar refractivity (Wildman–Crippen MR) is 73.5 cm³/mol. The summed E-state index contributed by atoms with van der Waals surface area (Å²) in [4.78, 5) is 0. The van der Waals surface area contributed by atoms with Crippen molar-refractivity contribution in [3.8, 4) is 0 Å². The third-order valence-electron chi connectivity index (χ3n) is 3.94. The molecule has 3 rings (SSSR count). The molecule has 0 heterocycles. The standard InChI is InChI=1S/C17H18O/c18-17(14-8-2-1-3-9-14)16-12-6-10-13-7-4-5-11-15(13)16/h1-5,7-9,11,16-18H,6,10,12H2. The van der Waals surface area contributed by atoms with E-state index in [1.165, 1.54) is 17.5 Å². The minimum Gasteiger partial charge on any atom is -0.388 e. The molecule has 1 aliphatic rings. The zero-order valence-corrected chi connectivity index (χ0v) is 10.4. The Kier molecular flexibility index (Phi) is 3.16. The van der Waals surface area contributed by atoms with E-state index in [0.717, 1.165) is 18.4 Å². The van der Waals surface area contributed by atoms with Crippen LogP contribution in [0.15, 0.2) is 54.6 Å². The van der Waals surface area contributed by atoms with Crippen LogP contribution in [-0.2, 0) is 6.42 Å². The quantitative estimate of drug-likeness (QED) is 0.842. The summed E-state index contributed by atoms with van der Waals surface area (Å²) in [5.74, 6) is 0.248. The number of aryl methyl sites for hydroxylation is 1. The molecule has 1 N–H and O–H groups in total. The second-order valence-corrected chi connectivity index (χ2v) is 5.05. The molecule has 0 fully saturated rings. The van der Waals surface area contributed by atoms with Crippen LogP contribution in [0.3, 0.4) is 0 Å². The first-order valence-electron chi connectivity index (χ1n) is 6.67. The maximum atomic E-state index is 10.6. The fourth-order valence-electron chi connectivity index (χ4n) is 3.00. The molecule has 0 saturated carbocycles. The second kappa shape index (κ2) is 4.95. The average Bonchev–Trinajstić information content (AvgIpc) is 2.47. The average molecular weight is 238 g/mol. The van der Waals surface area contributed by atoms with E-state index in [0.29, 0.717) is 0 Å². The van der Waals surface area contributed by atoms with E-state index < -0.39 is 0 Å². The van der Waals surface area contributed by atoms with Crippen molar-refractivity contribution in [2.24, 2.45) is 0 Å². The van der Waals surface area contributed by atoms with Gasteiger partial charge in [-0.05, 0) is 36.0 Å². The molecule has 0 aromatic heterocycles. The Morgan fingerprint density at radius 1 is 0.944 bits per heavy atom. The van der Waals surface area contributed by atoms with Crippen molar-refractivity contribution < 1.29 is 5.11 Å². The molecule has 0 aliphatic heterocycles. The fraction of sp³-hybridized carbons (Fsp3) is 0.294. The smallest absolute Gasteiger partial charge is 0.0858 e. The van der Waals surface area contributed by atoms with Crippen LogP contribution < -0.4 is 0 Å². The molecule has 1 nitrogen and oxygen atoms in total. The lowest BCUT2D eigenvalue weighted by atomic mass is 9.78. The van der Waals surface area contributed by atoms with Crippen molar-refractivity contribution in [1.29, 1.82) is 0 Å². The summed E-state index contributed by atoms with van der Waals surface area (Å²) in [5, 5.41) is 10.6. The molecular formula is C17H18O. The Hall–Kier alpha value is -1.60. The molecule has 2 unspecified atom stereocenters. The van der Waals surface area contributed by atoms with Crippen LogP contribution in [0.4, 0.5) is 0 Å². The summed E-state index contributed by atoms with van der Waals surface area (Å²) < 4.78 is 0. The van der Waals surface area contributed by atoms with Gasteiger partial charge in [0.2, 0.25) is 0 Å². The van der Waals surface area contributed by atoms with Crippen LogP contribution in [0.1, 0.15) is 41.6 Å². The zero-order valence-electron chi connectivity index (χ0n) is 10.4. The van der Waals surface area contributed by atoms with Crippen LogP contribution in [0.25, 0.3) is 0 Å². The van der Waals surface area contributed by atoms with Gasteiger partial charge in [0.25, 0.3) is 0 Å². The van der Waals surface area contributed by atoms with Crippen LogP contribution in [-0.4, -0.2) is 5.11 Å². The summed E-state index contributed by atoms with van der Waals surface area (Å²) in [6, 6.07) is 18.5. The SMILES string of the molecule is OC(c1ccccc1)C1CCCc2ccccc21. The predicted octanol–water partition coefficient (Wildman–Crippen LogP) is 3.84. The number of benzene rings is 2. The lowest BCUT2D eigenvalue weighted by molar-refractivity contribution is 0.136. The third-order valence-corrected chi connectivity index (χ3v) is 3.94. The van der Waals surface area contributed by atoms with E-state index in [4.69, 9.17) is 0 Å². The number of aliphatic hydroxyl groups is 1. The number of rotatable bonds is 2. The Bertz CT molecular complexity index is 518. The lowest BCUT2D eigenvalue weighted by Crippen LogP contribution is -2.17. The van der Waals surface area contributed by atoms with E-state index in [2.05, 4.69) is 24.3 Å². The van der Waals surface area contributed by atoms with Crippen LogP contribution >= 0.6 is 0 Å². The van der Waals surface area contributed by atoms with Gasteiger partial charge in [-0.3, -0.25) is 0 Å². The third kappa shape index (κ3) is 2.06. The molecule has 1 heteroatoms. The van der Waals surface area contributed by atoms with E-state index in [9.17, 15) is 5.11 Å². The van der Waals surface area contributed by atoms with Crippen molar-refractivity contribution in [3.63, 3.8) is 0 Å². The molecule has 0 amide bonds. The first-order valence-corrected chi connectivity index (χ1v) is 6.67. The number of hydrogen-bond acceptors (Lipinski definition) is 1. The topological polar surface area (TPSA) is 20.2 Å². The van der Waals surface area contributed by atoms with Gasteiger partial charge in [-0.1, -0.05) is 54.6 Å². The monoisotopic (exact) mass is 238 g/mol. The van der Waals surface area contributed by atoms with E-state index in [1.807, 2.05) is 30.3 Å². The van der Waals surface area contributed by atoms with Crippen molar-refractivity contribution in [3.05, 3.63) is 71.3 Å². The second-order valence-electron chi connectivity index (χ2n) is 5.05. The molecule has 2 aromatic carbocycles. The van der Waals surface area contributed by atoms with E-state index in [1.54, 1.807) is 0 Å². The van der Waals surface area contributed by atoms with Gasteiger partial charge in [0.15, 0.2) is 0 Å². The molecule has 92 valence electrons. The summed E-state index contributed by atoms with van der Waals surface area (Å²) in [7, 11) is 0. The molecule has 0 spiro atoms. The zero-order chi connectivity index (χ0) is 12.4. The minimum absolute atomic E-state index is 0.248. The van der Waals surface area contributed by atoms with Gasteiger partial charge in [-0.15, -0.1) is 0 Å². The summed E-state index contributed by atoms with van der Waals surface area (Å²) in [6.45, 7) is 0. The Labute approximate surface area is 108 Å². The normalized spacial score (nSPS) is 20.2. The van der Waals surface area contributed by atoms with Crippen LogP contribution in [0, 0.1) is 0 Å². The summed E-state index contributed by atoms with van der Waals surface area (Å²) in [5.41, 5.74) is 3.77. The molecule has 18 heavy (non-hydrogen) atoms. The maximum absolute atomic E-state index is 10.6. The van der Waals surface area contributed by atoms with Gasteiger partial charge in [-0.2, -0.15) is 0 Å². The summed E-state index contributed by atoms with van der Waals surface area (Å²) >= 11 is 0. The maximum Gasteiger partial charge on any atom is 0.0858 e. The minimum atomic E-state index is -0.382. The number of fused-ring (bicyclic) bond motifs is 1. The Balaban J connectivity index is 1.94. The molecule has 0 radical (unpaired) electrons. The van der Waals surface area contributed by atoms with Crippen molar-refractivity contribution >= 4 is 0 Å². The molecule has 0 bridgehead atoms. The van der Waals surface area contributed by atoms with Gasteiger partial charge in [0.1, 0.15) is 0 Å². The van der Waals surface area contributed by atoms with Crippen molar-refractivity contribution in [2.75, 3.05) is 0 Å². The molecule has 2 atom stereocenters. The van der Waals surface area contributed by atoms with Gasteiger partial charge in [0.05, 0.1) is 6.10 Å². The van der Waals surface area contributed by atoms with Gasteiger partial charge >= 0.3 is 0 Å². The molecular weight excluding hydrogens is 220 g/mol. The lowest BCUT2D eigenvalue weighted by Gasteiger charge is -2.29. The molecule has 0 saturated heterocycles. The number of aliphatic hydroxyl groups excluding tert-OH is 1. The first-order chi connectivity index (χ1) is 8.86. The Morgan fingerprint density at radius 3 is 2.50 bits per heavy atom. The Morgan fingerprint density at radius 2 is 1.67 bits per heavy atom. The molecule has 1 aliphatic carbocycles. The van der Waals surface area contributed by atoms with Crippen molar-refractivity contribution in [1.82, 2.24) is 0 Å². The fourth-order valence-corrected chi connectivity index (χ4v) is 3.00. The van der Waals surface area contributed by atoms with E-state index >= 15 is 0 Å². The highest BCUT2D eigenvalue weighted by atomic mass is 16.3. The van der Waals surface area contributed by atoms with Gasteiger partial charge in [-0.25, -0.2) is 0 Å². The van der Waals surface area contributed by atoms with Crippen molar-refractivity contribution in [2.45, 2.75) is 31.3 Å². The van der Waals surface area contributed by atoms with E-state index in [-0.39, 0.29) is 12.0 Å². The highest BCUT2D eigenvalue weighted by Crippen LogP contribution is 2.39.